The van der Waals surface area contributed by atoms with Crippen molar-refractivity contribution < 1.29 is 0 Å². The highest BCUT2D eigenvalue weighted by Crippen LogP contribution is 2.08. The van der Waals surface area contributed by atoms with E-state index in [1.54, 1.807) is 12.4 Å². The third-order valence-corrected chi connectivity index (χ3v) is 2.36. The third kappa shape index (κ3) is 2.10. The van der Waals surface area contributed by atoms with Gasteiger partial charge in [-0.05, 0) is 32.4 Å². The Bertz CT molecular complexity index is 316. The van der Waals surface area contributed by atoms with Crippen LogP contribution in [0.15, 0.2) is 18.5 Å². The molecule has 0 saturated heterocycles. The second-order valence-corrected chi connectivity index (χ2v) is 3.21. The summed E-state index contributed by atoms with van der Waals surface area (Å²) in [5.74, 6) is 0.593. The molecule has 1 heterocycles. The van der Waals surface area contributed by atoms with Crippen molar-refractivity contribution in [3.05, 3.63) is 29.6 Å². The first-order valence-corrected chi connectivity index (χ1v) is 4.95. The van der Waals surface area contributed by atoms with Gasteiger partial charge < -0.3 is 4.90 Å². The lowest BCUT2D eigenvalue weighted by Crippen LogP contribution is -2.31. The summed E-state index contributed by atoms with van der Waals surface area (Å²) in [6, 6.07) is 1.90. The Morgan fingerprint density at radius 3 is 2.57 bits per heavy atom. The quantitative estimate of drug-likeness (QED) is 0.586. The molecule has 76 valence electrons. The first-order valence-electron chi connectivity index (χ1n) is 4.95. The molecule has 0 saturated carbocycles. The molecule has 0 aliphatic rings. The molecule has 0 aliphatic heterocycles. The highest BCUT2D eigenvalue weighted by Gasteiger charge is 2.09. The Morgan fingerprint density at radius 1 is 1.43 bits per heavy atom. The largest absolute Gasteiger partial charge is 0.357 e. The van der Waals surface area contributed by atoms with Gasteiger partial charge in [-0.15, -0.1) is 0 Å². The Kier molecular flexibility index (Phi) is 3.63. The number of aryl methyl sites for hydroxylation is 1. The molecule has 0 aromatic carbocycles. The van der Waals surface area contributed by atoms with E-state index in [0.29, 0.717) is 5.84 Å². The van der Waals surface area contributed by atoms with Crippen molar-refractivity contribution >= 4 is 5.84 Å². The van der Waals surface area contributed by atoms with Crippen molar-refractivity contribution in [1.29, 1.82) is 5.41 Å². The molecule has 0 bridgehead atoms. The second kappa shape index (κ2) is 4.74. The van der Waals surface area contributed by atoms with Crippen molar-refractivity contribution in [1.82, 2.24) is 9.88 Å². The minimum atomic E-state index is 0.593. The number of pyridine rings is 1. The highest BCUT2D eigenvalue weighted by atomic mass is 15.2. The normalized spacial score (nSPS) is 9.93. The van der Waals surface area contributed by atoms with Crippen LogP contribution in [-0.4, -0.2) is 28.8 Å². The fourth-order valence-electron chi connectivity index (χ4n) is 1.45. The summed E-state index contributed by atoms with van der Waals surface area (Å²) < 4.78 is 0. The summed E-state index contributed by atoms with van der Waals surface area (Å²) in [7, 11) is 0. The topological polar surface area (TPSA) is 40.0 Å². The molecule has 3 heteroatoms. The van der Waals surface area contributed by atoms with Crippen molar-refractivity contribution in [2.45, 2.75) is 20.8 Å². The summed E-state index contributed by atoms with van der Waals surface area (Å²) >= 11 is 0. The van der Waals surface area contributed by atoms with Gasteiger partial charge in [0.15, 0.2) is 0 Å². The molecule has 0 spiro atoms. The lowest BCUT2D eigenvalue weighted by molar-refractivity contribution is 0.463. The maximum atomic E-state index is 8.03. The standard InChI is InChI=1S/C11H17N3/c1-4-14(5-2)11(12)10-6-7-13-8-9(10)3/h6-8,12H,4-5H2,1-3H3. The van der Waals surface area contributed by atoms with E-state index in [2.05, 4.69) is 18.8 Å². The fraction of sp³-hybridized carbons (Fsp3) is 0.455. The van der Waals surface area contributed by atoms with Gasteiger partial charge in [-0.3, -0.25) is 10.4 Å². The SMILES string of the molecule is CCN(CC)C(=N)c1ccncc1C. The number of aromatic nitrogens is 1. The van der Waals surface area contributed by atoms with Gasteiger partial charge in [0.25, 0.3) is 0 Å². The van der Waals surface area contributed by atoms with Crippen LogP contribution in [0.5, 0.6) is 0 Å². The van der Waals surface area contributed by atoms with Gasteiger partial charge in [0.1, 0.15) is 5.84 Å². The van der Waals surface area contributed by atoms with E-state index in [4.69, 9.17) is 5.41 Å². The number of nitrogens with zero attached hydrogens (tertiary/aromatic N) is 2. The summed E-state index contributed by atoms with van der Waals surface area (Å²) in [6.07, 6.45) is 3.54. The molecule has 0 radical (unpaired) electrons. The van der Waals surface area contributed by atoms with Crippen molar-refractivity contribution in [2.75, 3.05) is 13.1 Å². The van der Waals surface area contributed by atoms with E-state index in [9.17, 15) is 0 Å². The molecule has 1 rings (SSSR count). The summed E-state index contributed by atoms with van der Waals surface area (Å²) in [6.45, 7) is 7.86. The van der Waals surface area contributed by atoms with Crippen LogP contribution < -0.4 is 0 Å². The molecule has 0 atom stereocenters. The van der Waals surface area contributed by atoms with Gasteiger partial charge in [0.05, 0.1) is 0 Å². The number of hydrogen-bond acceptors (Lipinski definition) is 2. The Hall–Kier alpha value is -1.38. The van der Waals surface area contributed by atoms with E-state index in [-0.39, 0.29) is 0 Å². The van der Waals surface area contributed by atoms with E-state index >= 15 is 0 Å². The molecule has 1 aromatic rings. The van der Waals surface area contributed by atoms with E-state index < -0.39 is 0 Å². The zero-order chi connectivity index (χ0) is 10.6. The van der Waals surface area contributed by atoms with Gasteiger partial charge in [-0.25, -0.2) is 0 Å². The molecular weight excluding hydrogens is 174 g/mol. The lowest BCUT2D eigenvalue weighted by atomic mass is 10.1. The van der Waals surface area contributed by atoms with Gasteiger partial charge in [-0.1, -0.05) is 0 Å². The Balaban J connectivity index is 2.94. The van der Waals surface area contributed by atoms with Gasteiger partial charge in [0.2, 0.25) is 0 Å². The van der Waals surface area contributed by atoms with Crippen molar-refractivity contribution in [2.24, 2.45) is 0 Å². The average Bonchev–Trinajstić information content (AvgIpc) is 2.20. The number of amidine groups is 1. The van der Waals surface area contributed by atoms with Crippen LogP contribution >= 0.6 is 0 Å². The third-order valence-electron chi connectivity index (χ3n) is 2.36. The molecule has 0 fully saturated rings. The molecule has 1 aromatic heterocycles. The first-order chi connectivity index (χ1) is 6.70. The van der Waals surface area contributed by atoms with Crippen molar-refractivity contribution in [3.63, 3.8) is 0 Å². The van der Waals surface area contributed by atoms with Crippen LogP contribution in [0.3, 0.4) is 0 Å². The van der Waals surface area contributed by atoms with Crippen LogP contribution in [0.2, 0.25) is 0 Å². The number of hydrogen-bond donors (Lipinski definition) is 1. The minimum Gasteiger partial charge on any atom is -0.357 e. The molecule has 0 aliphatic carbocycles. The van der Waals surface area contributed by atoms with Crippen LogP contribution in [0.4, 0.5) is 0 Å². The van der Waals surface area contributed by atoms with Gasteiger partial charge >= 0.3 is 0 Å². The second-order valence-electron chi connectivity index (χ2n) is 3.21. The maximum Gasteiger partial charge on any atom is 0.128 e. The van der Waals surface area contributed by atoms with Gasteiger partial charge in [-0.2, -0.15) is 0 Å². The first kappa shape index (κ1) is 10.7. The maximum absolute atomic E-state index is 8.03. The zero-order valence-electron chi connectivity index (χ0n) is 9.04. The monoisotopic (exact) mass is 191 g/mol. The Morgan fingerprint density at radius 2 is 2.07 bits per heavy atom. The van der Waals surface area contributed by atoms with E-state index in [1.165, 1.54) is 0 Å². The van der Waals surface area contributed by atoms with Crippen LogP contribution in [0.25, 0.3) is 0 Å². The fourth-order valence-corrected chi connectivity index (χ4v) is 1.45. The predicted octanol–water partition coefficient (Wildman–Crippen LogP) is 2.06. The average molecular weight is 191 g/mol. The smallest absolute Gasteiger partial charge is 0.128 e. The molecule has 0 unspecified atom stereocenters. The molecule has 14 heavy (non-hydrogen) atoms. The molecule has 0 amide bonds. The minimum absolute atomic E-state index is 0.593. The van der Waals surface area contributed by atoms with Crippen LogP contribution in [0.1, 0.15) is 25.0 Å². The molecule has 3 nitrogen and oxygen atoms in total. The predicted molar refractivity (Wildman–Crippen MR) is 58.7 cm³/mol. The Labute approximate surface area is 85.3 Å². The lowest BCUT2D eigenvalue weighted by Gasteiger charge is -2.22. The highest BCUT2D eigenvalue weighted by molar-refractivity contribution is 5.97. The van der Waals surface area contributed by atoms with E-state index in [0.717, 1.165) is 24.2 Å². The number of rotatable bonds is 3. The molecular formula is C11H17N3. The summed E-state index contributed by atoms with van der Waals surface area (Å²) in [5.41, 5.74) is 2.04. The number of nitrogens with one attached hydrogen (secondary N) is 1. The summed E-state index contributed by atoms with van der Waals surface area (Å²) in [5, 5.41) is 8.03. The zero-order valence-corrected chi connectivity index (χ0v) is 9.04. The molecule has 1 N–H and O–H groups in total. The van der Waals surface area contributed by atoms with Crippen molar-refractivity contribution in [3.8, 4) is 0 Å². The van der Waals surface area contributed by atoms with Crippen LogP contribution in [0, 0.1) is 12.3 Å². The van der Waals surface area contributed by atoms with Gasteiger partial charge in [0, 0.05) is 31.0 Å². The summed E-state index contributed by atoms with van der Waals surface area (Å²) in [4.78, 5) is 6.05. The van der Waals surface area contributed by atoms with Crippen LogP contribution in [-0.2, 0) is 0 Å². The van der Waals surface area contributed by atoms with E-state index in [1.807, 2.05) is 17.9 Å².